The van der Waals surface area contributed by atoms with Crippen LogP contribution in [-0.4, -0.2) is 24.0 Å². The van der Waals surface area contributed by atoms with Gasteiger partial charge in [0.05, 0.1) is 12.6 Å². The Morgan fingerprint density at radius 3 is 2.64 bits per heavy atom. The van der Waals surface area contributed by atoms with Crippen molar-refractivity contribution < 1.29 is 9.84 Å². The van der Waals surface area contributed by atoms with Crippen molar-refractivity contribution in [3.05, 3.63) is 64.7 Å². The number of ether oxygens (including phenoxy) is 1. The van der Waals surface area contributed by atoms with Gasteiger partial charge in [0.1, 0.15) is 12.4 Å². The fourth-order valence-electron chi connectivity index (χ4n) is 1.95. The first-order valence-electron chi connectivity index (χ1n) is 7.26. The predicted octanol–water partition coefficient (Wildman–Crippen LogP) is 3.91. The van der Waals surface area contributed by atoms with Gasteiger partial charge < -0.3 is 9.84 Å². The molecule has 0 bridgehead atoms. The van der Waals surface area contributed by atoms with Crippen LogP contribution in [0.1, 0.15) is 18.1 Å². The standard InChI is InChI=1S/C18H20ClNO2/c1-14(13-22-18-7-5-16(12-21)6-8-18)20-10-9-15-3-2-4-17(19)11-15/h2-8,10-11,14,21H,9,12-13H2,1H3. The van der Waals surface area contributed by atoms with Gasteiger partial charge in [0.15, 0.2) is 0 Å². The van der Waals surface area contributed by atoms with E-state index in [4.69, 9.17) is 21.4 Å². The maximum absolute atomic E-state index is 8.99. The molecule has 0 aliphatic heterocycles. The molecule has 1 N–H and O–H groups in total. The smallest absolute Gasteiger partial charge is 0.119 e. The van der Waals surface area contributed by atoms with E-state index in [1.165, 1.54) is 0 Å². The monoisotopic (exact) mass is 317 g/mol. The number of aliphatic hydroxyl groups excluding tert-OH is 1. The van der Waals surface area contributed by atoms with E-state index in [0.29, 0.717) is 6.61 Å². The lowest BCUT2D eigenvalue weighted by Crippen LogP contribution is -2.12. The van der Waals surface area contributed by atoms with Crippen LogP contribution in [0.25, 0.3) is 0 Å². The normalized spacial score (nSPS) is 12.5. The number of nitrogens with zero attached hydrogens (tertiary/aromatic N) is 1. The van der Waals surface area contributed by atoms with Crippen LogP contribution in [0.4, 0.5) is 0 Å². The Labute approximate surface area is 136 Å². The average Bonchev–Trinajstić information content (AvgIpc) is 2.53. The molecule has 0 spiro atoms. The molecule has 0 heterocycles. The first-order valence-corrected chi connectivity index (χ1v) is 7.64. The molecule has 0 saturated carbocycles. The molecule has 0 aromatic heterocycles. The molecule has 0 amide bonds. The summed E-state index contributed by atoms with van der Waals surface area (Å²) in [6, 6.07) is 15.3. The second-order valence-electron chi connectivity index (χ2n) is 5.13. The third-order valence-corrected chi connectivity index (χ3v) is 3.41. The lowest BCUT2D eigenvalue weighted by atomic mass is 10.2. The van der Waals surface area contributed by atoms with Crippen molar-refractivity contribution >= 4 is 17.8 Å². The quantitative estimate of drug-likeness (QED) is 0.787. The molecule has 2 rings (SSSR count). The third kappa shape index (κ3) is 5.51. The van der Waals surface area contributed by atoms with Gasteiger partial charge in [-0.15, -0.1) is 0 Å². The van der Waals surface area contributed by atoms with Crippen LogP contribution in [0.15, 0.2) is 53.5 Å². The Kier molecular flexibility index (Phi) is 6.44. The van der Waals surface area contributed by atoms with E-state index in [0.717, 1.165) is 28.3 Å². The summed E-state index contributed by atoms with van der Waals surface area (Å²) in [7, 11) is 0. The zero-order chi connectivity index (χ0) is 15.8. The van der Waals surface area contributed by atoms with Crippen LogP contribution in [-0.2, 0) is 13.0 Å². The van der Waals surface area contributed by atoms with Gasteiger partial charge in [-0.05, 0) is 42.3 Å². The summed E-state index contributed by atoms with van der Waals surface area (Å²) in [5, 5.41) is 9.73. The first-order chi connectivity index (χ1) is 10.7. The zero-order valence-corrected chi connectivity index (χ0v) is 13.3. The summed E-state index contributed by atoms with van der Waals surface area (Å²) in [4.78, 5) is 4.46. The lowest BCUT2D eigenvalue weighted by molar-refractivity contribution is 0.280. The Bertz CT molecular complexity index is 611. The number of aliphatic imine (C=N–C) groups is 1. The Morgan fingerprint density at radius 1 is 1.18 bits per heavy atom. The highest BCUT2D eigenvalue weighted by atomic mass is 35.5. The van der Waals surface area contributed by atoms with Crippen molar-refractivity contribution in [1.82, 2.24) is 0 Å². The Morgan fingerprint density at radius 2 is 1.95 bits per heavy atom. The average molecular weight is 318 g/mol. The van der Waals surface area contributed by atoms with Gasteiger partial charge in [0, 0.05) is 17.7 Å². The van der Waals surface area contributed by atoms with Crippen molar-refractivity contribution in [2.45, 2.75) is 26.0 Å². The van der Waals surface area contributed by atoms with Gasteiger partial charge in [0.25, 0.3) is 0 Å². The number of hydrogen-bond donors (Lipinski definition) is 1. The predicted molar refractivity (Wildman–Crippen MR) is 91.0 cm³/mol. The maximum atomic E-state index is 8.99. The molecule has 3 nitrogen and oxygen atoms in total. The third-order valence-electron chi connectivity index (χ3n) is 3.17. The fourth-order valence-corrected chi connectivity index (χ4v) is 2.17. The summed E-state index contributed by atoms with van der Waals surface area (Å²) >= 11 is 5.95. The largest absolute Gasteiger partial charge is 0.491 e. The number of halogens is 1. The number of aliphatic hydroxyl groups is 1. The number of hydrogen-bond acceptors (Lipinski definition) is 3. The maximum Gasteiger partial charge on any atom is 0.119 e. The van der Waals surface area contributed by atoms with Gasteiger partial charge >= 0.3 is 0 Å². The van der Waals surface area contributed by atoms with Crippen LogP contribution in [0, 0.1) is 0 Å². The minimum Gasteiger partial charge on any atom is -0.491 e. The van der Waals surface area contributed by atoms with Gasteiger partial charge in [-0.25, -0.2) is 0 Å². The van der Waals surface area contributed by atoms with Crippen molar-refractivity contribution in [3.63, 3.8) is 0 Å². The van der Waals surface area contributed by atoms with Crippen LogP contribution in [0.3, 0.4) is 0 Å². The summed E-state index contributed by atoms with van der Waals surface area (Å²) in [6.07, 6.45) is 2.66. The SMILES string of the molecule is CC(COc1ccc(CO)cc1)N=CCc1cccc(Cl)c1. The highest BCUT2D eigenvalue weighted by Crippen LogP contribution is 2.13. The summed E-state index contributed by atoms with van der Waals surface area (Å²) in [5.74, 6) is 0.786. The van der Waals surface area contributed by atoms with Crippen molar-refractivity contribution in [3.8, 4) is 5.75 Å². The molecule has 0 radical (unpaired) electrons. The minimum absolute atomic E-state index is 0.0461. The molecule has 1 atom stereocenters. The Balaban J connectivity index is 1.77. The van der Waals surface area contributed by atoms with Crippen molar-refractivity contribution in [2.24, 2.45) is 4.99 Å². The van der Waals surface area contributed by atoms with Gasteiger partial charge in [0.2, 0.25) is 0 Å². The molecule has 0 aliphatic carbocycles. The summed E-state index contributed by atoms with van der Waals surface area (Å²) < 4.78 is 5.67. The molecule has 22 heavy (non-hydrogen) atoms. The minimum atomic E-state index is 0.0461. The van der Waals surface area contributed by atoms with Crippen molar-refractivity contribution in [2.75, 3.05) is 6.61 Å². The molecular formula is C18H20ClNO2. The molecule has 116 valence electrons. The van der Waals surface area contributed by atoms with Gasteiger partial charge in [-0.3, -0.25) is 4.99 Å². The van der Waals surface area contributed by atoms with Crippen LogP contribution in [0.5, 0.6) is 5.75 Å². The van der Waals surface area contributed by atoms with E-state index in [2.05, 4.69) is 4.99 Å². The molecular weight excluding hydrogens is 298 g/mol. The summed E-state index contributed by atoms with van der Waals surface area (Å²) in [6.45, 7) is 2.57. The summed E-state index contributed by atoms with van der Waals surface area (Å²) in [5.41, 5.74) is 2.02. The van der Waals surface area contributed by atoms with E-state index < -0.39 is 0 Å². The van der Waals surface area contributed by atoms with E-state index in [-0.39, 0.29) is 12.6 Å². The molecule has 0 fully saturated rings. The molecule has 1 unspecified atom stereocenters. The second kappa shape index (κ2) is 8.57. The lowest BCUT2D eigenvalue weighted by Gasteiger charge is -2.09. The first kappa shape index (κ1) is 16.5. The second-order valence-corrected chi connectivity index (χ2v) is 5.56. The molecule has 2 aromatic rings. The number of benzene rings is 2. The fraction of sp³-hybridized carbons (Fsp3) is 0.278. The Hall–Kier alpha value is -1.84. The van der Waals surface area contributed by atoms with Gasteiger partial charge in [-0.2, -0.15) is 0 Å². The topological polar surface area (TPSA) is 41.8 Å². The zero-order valence-electron chi connectivity index (χ0n) is 12.6. The molecule has 2 aromatic carbocycles. The highest BCUT2D eigenvalue weighted by Gasteiger charge is 2.00. The van der Waals surface area contributed by atoms with Crippen molar-refractivity contribution in [1.29, 1.82) is 0 Å². The van der Waals surface area contributed by atoms with Crippen LogP contribution >= 0.6 is 11.6 Å². The van der Waals surface area contributed by atoms with Crippen LogP contribution < -0.4 is 4.74 Å². The van der Waals surface area contributed by atoms with E-state index in [9.17, 15) is 0 Å². The van der Waals surface area contributed by atoms with E-state index in [1.807, 2.05) is 61.7 Å². The van der Waals surface area contributed by atoms with E-state index in [1.54, 1.807) is 0 Å². The highest BCUT2D eigenvalue weighted by molar-refractivity contribution is 6.30. The molecule has 4 heteroatoms. The molecule has 0 saturated heterocycles. The number of rotatable bonds is 7. The molecule has 0 aliphatic rings. The van der Waals surface area contributed by atoms with Gasteiger partial charge in [-0.1, -0.05) is 35.9 Å². The van der Waals surface area contributed by atoms with Crippen LogP contribution in [0.2, 0.25) is 5.02 Å². The van der Waals surface area contributed by atoms with E-state index >= 15 is 0 Å².